The van der Waals surface area contributed by atoms with Crippen LogP contribution in [0, 0.1) is 11.3 Å². The minimum absolute atomic E-state index is 0.238. The van der Waals surface area contributed by atoms with Crippen molar-refractivity contribution in [2.75, 3.05) is 0 Å². The number of aryl methyl sites for hydroxylation is 1. The van der Waals surface area contributed by atoms with E-state index in [2.05, 4.69) is 20.8 Å². The van der Waals surface area contributed by atoms with E-state index in [-0.39, 0.29) is 5.41 Å². The number of fused-ring (bicyclic) bond motifs is 1. The fraction of sp³-hybridized carbons (Fsp3) is 0.588. The fourth-order valence-electron chi connectivity index (χ4n) is 2.86. The van der Waals surface area contributed by atoms with Crippen molar-refractivity contribution >= 4 is 29.2 Å². The van der Waals surface area contributed by atoms with Gasteiger partial charge in [-0.2, -0.15) is 0 Å². The maximum Gasteiger partial charge on any atom is 0.349 e. The number of imide groups is 1. The molecule has 3 amide bonds. The van der Waals surface area contributed by atoms with E-state index in [1.165, 1.54) is 28.7 Å². The SMILES string of the molecule is C[C@@H](OC(=O)c1cc2c(s1)CC[C@H](C(C)(C)C)C2)C(=O)NC(N)=O. The van der Waals surface area contributed by atoms with Crippen LogP contribution in [0.5, 0.6) is 0 Å². The molecule has 6 nitrogen and oxygen atoms in total. The monoisotopic (exact) mass is 352 g/mol. The molecule has 0 fully saturated rings. The van der Waals surface area contributed by atoms with Crippen LogP contribution in [0.15, 0.2) is 6.07 Å². The summed E-state index contributed by atoms with van der Waals surface area (Å²) in [5, 5.41) is 1.90. The number of urea groups is 1. The molecule has 3 N–H and O–H groups in total. The number of thiophene rings is 1. The smallest absolute Gasteiger partial charge is 0.349 e. The Bertz CT molecular complexity index is 660. The molecule has 0 radical (unpaired) electrons. The predicted molar refractivity (Wildman–Crippen MR) is 91.9 cm³/mol. The van der Waals surface area contributed by atoms with Crippen LogP contribution in [0.1, 0.15) is 54.2 Å². The Morgan fingerprint density at radius 3 is 2.62 bits per heavy atom. The van der Waals surface area contributed by atoms with E-state index in [1.54, 1.807) is 0 Å². The molecule has 0 spiro atoms. The Hall–Kier alpha value is -1.89. The summed E-state index contributed by atoms with van der Waals surface area (Å²) < 4.78 is 5.12. The molecule has 0 aliphatic heterocycles. The summed E-state index contributed by atoms with van der Waals surface area (Å²) >= 11 is 1.43. The van der Waals surface area contributed by atoms with Crippen LogP contribution in [0.4, 0.5) is 4.79 Å². The van der Waals surface area contributed by atoms with Crippen molar-refractivity contribution in [3.8, 4) is 0 Å². The van der Waals surface area contributed by atoms with Crippen molar-refractivity contribution in [3.05, 3.63) is 21.4 Å². The Morgan fingerprint density at radius 1 is 1.38 bits per heavy atom. The number of rotatable bonds is 3. The first-order chi connectivity index (χ1) is 11.1. The van der Waals surface area contributed by atoms with Gasteiger partial charge in [-0.3, -0.25) is 10.1 Å². The molecule has 1 heterocycles. The number of esters is 1. The van der Waals surface area contributed by atoms with Gasteiger partial charge in [-0.15, -0.1) is 11.3 Å². The lowest BCUT2D eigenvalue weighted by Gasteiger charge is -2.33. The first kappa shape index (κ1) is 18.4. The van der Waals surface area contributed by atoms with Crippen LogP contribution >= 0.6 is 11.3 Å². The summed E-state index contributed by atoms with van der Waals surface area (Å²) in [7, 11) is 0. The van der Waals surface area contributed by atoms with Crippen LogP contribution in [-0.4, -0.2) is 24.0 Å². The molecule has 2 rings (SSSR count). The first-order valence-corrected chi connectivity index (χ1v) is 8.82. The Kier molecular flexibility index (Phi) is 5.32. The van der Waals surface area contributed by atoms with E-state index in [9.17, 15) is 14.4 Å². The average Bonchev–Trinajstić information content (AvgIpc) is 2.88. The summed E-state index contributed by atoms with van der Waals surface area (Å²) in [6.45, 7) is 8.12. The Labute approximate surface area is 145 Å². The predicted octanol–water partition coefficient (Wildman–Crippen LogP) is 2.64. The van der Waals surface area contributed by atoms with Gasteiger partial charge in [-0.05, 0) is 49.1 Å². The molecular weight excluding hydrogens is 328 g/mol. The minimum Gasteiger partial charge on any atom is -0.448 e. The lowest BCUT2D eigenvalue weighted by atomic mass is 9.72. The van der Waals surface area contributed by atoms with Gasteiger partial charge in [0.25, 0.3) is 5.91 Å². The molecule has 2 atom stereocenters. The Balaban J connectivity index is 2.04. The molecule has 1 aliphatic carbocycles. The van der Waals surface area contributed by atoms with Gasteiger partial charge < -0.3 is 10.5 Å². The van der Waals surface area contributed by atoms with Crippen molar-refractivity contribution in [3.63, 3.8) is 0 Å². The molecule has 1 aromatic rings. The van der Waals surface area contributed by atoms with Gasteiger partial charge in [0, 0.05) is 4.88 Å². The van der Waals surface area contributed by atoms with E-state index < -0.39 is 24.0 Å². The van der Waals surface area contributed by atoms with E-state index in [0.717, 1.165) is 19.3 Å². The van der Waals surface area contributed by atoms with Crippen molar-refractivity contribution < 1.29 is 19.1 Å². The van der Waals surface area contributed by atoms with Gasteiger partial charge in [-0.25, -0.2) is 9.59 Å². The topological polar surface area (TPSA) is 98.5 Å². The minimum atomic E-state index is -1.08. The number of amides is 3. The largest absolute Gasteiger partial charge is 0.448 e. The average molecular weight is 352 g/mol. The second-order valence-electron chi connectivity index (χ2n) is 7.27. The highest BCUT2D eigenvalue weighted by Gasteiger charge is 2.31. The zero-order valence-electron chi connectivity index (χ0n) is 14.5. The van der Waals surface area contributed by atoms with Gasteiger partial charge in [0.15, 0.2) is 6.10 Å². The maximum absolute atomic E-state index is 12.2. The molecule has 0 aromatic carbocycles. The van der Waals surface area contributed by atoms with E-state index in [1.807, 2.05) is 11.4 Å². The summed E-state index contributed by atoms with van der Waals surface area (Å²) in [5.74, 6) is -0.692. The fourth-order valence-corrected chi connectivity index (χ4v) is 3.95. The second-order valence-corrected chi connectivity index (χ2v) is 8.40. The normalized spacial score (nSPS) is 18.4. The first-order valence-electron chi connectivity index (χ1n) is 8.00. The number of ether oxygens (including phenoxy) is 1. The van der Waals surface area contributed by atoms with Crippen LogP contribution in [0.3, 0.4) is 0 Å². The molecule has 0 unspecified atom stereocenters. The lowest BCUT2D eigenvalue weighted by molar-refractivity contribution is -0.127. The van der Waals surface area contributed by atoms with Gasteiger partial charge in [0.2, 0.25) is 0 Å². The lowest BCUT2D eigenvalue weighted by Crippen LogP contribution is -2.42. The summed E-state index contributed by atoms with van der Waals surface area (Å²) in [6, 6.07) is 0.904. The van der Waals surface area contributed by atoms with Gasteiger partial charge in [0.05, 0.1) is 0 Å². The van der Waals surface area contributed by atoms with Crippen molar-refractivity contribution in [1.82, 2.24) is 5.32 Å². The summed E-state index contributed by atoms with van der Waals surface area (Å²) in [4.78, 5) is 36.2. The molecule has 0 saturated carbocycles. The molecule has 1 aromatic heterocycles. The van der Waals surface area contributed by atoms with Gasteiger partial charge in [0.1, 0.15) is 4.88 Å². The van der Waals surface area contributed by atoms with E-state index in [0.29, 0.717) is 10.8 Å². The number of primary amides is 1. The second kappa shape index (κ2) is 6.93. The third-order valence-corrected chi connectivity index (χ3v) is 5.63. The molecule has 7 heteroatoms. The van der Waals surface area contributed by atoms with E-state index in [4.69, 9.17) is 10.5 Å². The van der Waals surface area contributed by atoms with Gasteiger partial charge >= 0.3 is 12.0 Å². The third-order valence-electron chi connectivity index (χ3n) is 4.41. The summed E-state index contributed by atoms with van der Waals surface area (Å²) in [6.07, 6.45) is 1.96. The molecule has 1 aliphatic rings. The van der Waals surface area contributed by atoms with Crippen molar-refractivity contribution in [2.24, 2.45) is 17.1 Å². The highest BCUT2D eigenvalue weighted by molar-refractivity contribution is 7.14. The Morgan fingerprint density at radius 2 is 2.04 bits per heavy atom. The number of nitrogens with two attached hydrogens (primary N) is 1. The number of carbonyl (C=O) groups excluding carboxylic acids is 3. The number of hydrogen-bond acceptors (Lipinski definition) is 5. The highest BCUT2D eigenvalue weighted by Crippen LogP contribution is 2.40. The standard InChI is InChI=1S/C17H24N2O4S/c1-9(14(20)19-16(18)22)23-15(21)13-8-10-7-11(17(2,3)4)5-6-12(10)24-13/h8-9,11H,5-7H2,1-4H3,(H3,18,19,20,22)/t9-,11+/m1/s1. The molecule has 0 bridgehead atoms. The molecule has 24 heavy (non-hydrogen) atoms. The molecule has 0 saturated heterocycles. The zero-order chi connectivity index (χ0) is 18.1. The van der Waals surface area contributed by atoms with Crippen LogP contribution in [0.25, 0.3) is 0 Å². The number of hydrogen-bond donors (Lipinski definition) is 2. The summed E-state index contributed by atoms with van der Waals surface area (Å²) in [5.41, 5.74) is 6.32. The van der Waals surface area contributed by atoms with Gasteiger partial charge in [-0.1, -0.05) is 20.8 Å². The highest BCUT2D eigenvalue weighted by atomic mass is 32.1. The molecule has 132 valence electrons. The van der Waals surface area contributed by atoms with Crippen LogP contribution < -0.4 is 11.1 Å². The van der Waals surface area contributed by atoms with Crippen molar-refractivity contribution in [1.29, 1.82) is 0 Å². The quantitative estimate of drug-likeness (QED) is 0.817. The van der Waals surface area contributed by atoms with Crippen molar-refractivity contribution in [2.45, 2.75) is 53.1 Å². The van der Waals surface area contributed by atoms with Crippen LogP contribution in [0.2, 0.25) is 0 Å². The third kappa shape index (κ3) is 4.35. The number of carbonyl (C=O) groups is 3. The maximum atomic E-state index is 12.2. The number of nitrogens with one attached hydrogen (secondary N) is 1. The van der Waals surface area contributed by atoms with Crippen LogP contribution in [-0.2, 0) is 22.4 Å². The van der Waals surface area contributed by atoms with E-state index >= 15 is 0 Å². The molecular formula is C17H24N2O4S. The zero-order valence-corrected chi connectivity index (χ0v) is 15.3.